The molecular weight excluding hydrogens is 336 g/mol. The Morgan fingerprint density at radius 2 is 1.72 bits per heavy atom. The van der Waals surface area contributed by atoms with E-state index in [9.17, 15) is 13.2 Å². The summed E-state index contributed by atoms with van der Waals surface area (Å²) < 4.78 is 32.6. The van der Waals surface area contributed by atoms with Gasteiger partial charge >= 0.3 is 5.97 Å². The van der Waals surface area contributed by atoms with Gasteiger partial charge in [-0.15, -0.1) is 0 Å². The fourth-order valence-corrected chi connectivity index (χ4v) is 7.39. The van der Waals surface area contributed by atoms with Gasteiger partial charge in [0.15, 0.2) is 9.84 Å². The molecule has 4 nitrogen and oxygen atoms in total. The van der Waals surface area contributed by atoms with E-state index in [2.05, 4.69) is 0 Å². The number of hydrogen-bond donors (Lipinski definition) is 0. The van der Waals surface area contributed by atoms with Crippen LogP contribution in [-0.2, 0) is 24.8 Å². The Kier molecular flexibility index (Phi) is 2.99. The average Bonchev–Trinajstić information content (AvgIpc) is 3.08. The number of rotatable bonds is 2. The van der Waals surface area contributed by atoms with Crippen molar-refractivity contribution < 1.29 is 17.9 Å². The molecule has 2 aliphatic carbocycles. The Hall–Kier alpha value is -2.14. The Labute approximate surface area is 146 Å². The van der Waals surface area contributed by atoms with Crippen molar-refractivity contribution >= 4 is 15.8 Å². The van der Waals surface area contributed by atoms with Crippen LogP contribution in [0.4, 0.5) is 0 Å². The topological polar surface area (TPSA) is 60.4 Å². The molecular formula is C20H18O4S. The van der Waals surface area contributed by atoms with Crippen molar-refractivity contribution in [2.24, 2.45) is 5.92 Å². The zero-order valence-corrected chi connectivity index (χ0v) is 14.4. The maximum absolute atomic E-state index is 13.4. The molecule has 4 aliphatic rings. The van der Waals surface area contributed by atoms with Crippen LogP contribution in [0.2, 0.25) is 0 Å². The number of hydrogen-bond acceptors (Lipinski definition) is 4. The fraction of sp³-hybridized carbons (Fsp3) is 0.350. The molecule has 0 N–H and O–H groups in total. The van der Waals surface area contributed by atoms with Crippen LogP contribution in [0.3, 0.4) is 0 Å². The largest absolute Gasteiger partial charge is 0.455 e. The zero-order chi connectivity index (χ0) is 17.2. The van der Waals surface area contributed by atoms with Gasteiger partial charge in [-0.2, -0.15) is 0 Å². The first-order valence-electron chi connectivity index (χ1n) is 8.66. The number of benzene rings is 2. The van der Waals surface area contributed by atoms with Gasteiger partial charge in [0.2, 0.25) is 0 Å². The number of fused-ring (bicyclic) bond motifs is 1. The van der Waals surface area contributed by atoms with Crippen LogP contribution >= 0.6 is 0 Å². The number of esters is 1. The van der Waals surface area contributed by atoms with Gasteiger partial charge in [-0.3, -0.25) is 4.79 Å². The summed E-state index contributed by atoms with van der Waals surface area (Å²) >= 11 is 0. The summed E-state index contributed by atoms with van der Waals surface area (Å²) in [6, 6.07) is 16.2. The molecule has 5 heteroatoms. The second-order valence-electron chi connectivity index (χ2n) is 7.21. The molecule has 2 aromatic rings. The third kappa shape index (κ3) is 1.77. The van der Waals surface area contributed by atoms with E-state index in [4.69, 9.17) is 4.74 Å². The van der Waals surface area contributed by atoms with Crippen LogP contribution < -0.4 is 0 Å². The van der Waals surface area contributed by atoms with E-state index in [1.807, 2.05) is 24.3 Å². The lowest BCUT2D eigenvalue weighted by atomic mass is 9.61. The second kappa shape index (κ2) is 4.94. The standard InChI is InChI=1S/C20H18O4S/c21-19-20-12-6-11-16(20)18(25(22,23)13-7-2-1-3-8-13)17(24-19)14-9-4-5-10-15(14)20/h1-5,7-10,16-18H,6,11-12H2/t16-,17+,18-,20-/m1/s1. The molecule has 2 aliphatic heterocycles. The van der Waals surface area contributed by atoms with E-state index in [1.165, 1.54) is 0 Å². The maximum atomic E-state index is 13.4. The summed E-state index contributed by atoms with van der Waals surface area (Å²) in [5, 5.41) is -0.704. The van der Waals surface area contributed by atoms with Crippen molar-refractivity contribution in [3.63, 3.8) is 0 Å². The molecule has 0 radical (unpaired) electrons. The molecule has 2 fully saturated rings. The minimum Gasteiger partial charge on any atom is -0.455 e. The lowest BCUT2D eigenvalue weighted by Crippen LogP contribution is -2.59. The summed E-state index contributed by atoms with van der Waals surface area (Å²) in [7, 11) is -3.60. The predicted octanol–water partition coefficient (Wildman–Crippen LogP) is 3.18. The van der Waals surface area contributed by atoms with Gasteiger partial charge in [0, 0.05) is 5.92 Å². The van der Waals surface area contributed by atoms with Crippen molar-refractivity contribution in [1.29, 1.82) is 0 Å². The molecule has 2 aromatic carbocycles. The molecule has 4 atom stereocenters. The zero-order valence-electron chi connectivity index (χ0n) is 13.6. The molecule has 2 heterocycles. The first-order chi connectivity index (χ1) is 12.1. The number of ether oxygens (including phenoxy) is 1. The highest BCUT2D eigenvalue weighted by Gasteiger charge is 2.67. The molecule has 0 aromatic heterocycles. The Balaban J connectivity index is 1.76. The summed E-state index contributed by atoms with van der Waals surface area (Å²) in [4.78, 5) is 13.1. The minimum absolute atomic E-state index is 0.209. The van der Waals surface area contributed by atoms with Crippen molar-refractivity contribution in [3.05, 3.63) is 65.7 Å². The van der Waals surface area contributed by atoms with E-state index in [0.29, 0.717) is 11.3 Å². The van der Waals surface area contributed by atoms with Crippen molar-refractivity contribution in [2.45, 2.75) is 40.9 Å². The van der Waals surface area contributed by atoms with E-state index < -0.39 is 26.6 Å². The van der Waals surface area contributed by atoms with Gasteiger partial charge in [0.1, 0.15) is 11.4 Å². The van der Waals surface area contributed by atoms with Gasteiger partial charge < -0.3 is 4.74 Å². The molecule has 6 rings (SSSR count). The van der Waals surface area contributed by atoms with E-state index in [1.54, 1.807) is 30.3 Å². The Morgan fingerprint density at radius 1 is 1.00 bits per heavy atom. The van der Waals surface area contributed by atoms with Crippen LogP contribution in [0.15, 0.2) is 59.5 Å². The van der Waals surface area contributed by atoms with Crippen LogP contribution in [0.1, 0.15) is 36.5 Å². The molecule has 2 bridgehead atoms. The van der Waals surface area contributed by atoms with E-state index in [-0.39, 0.29) is 11.9 Å². The van der Waals surface area contributed by atoms with Gasteiger partial charge in [-0.25, -0.2) is 8.42 Å². The highest BCUT2D eigenvalue weighted by molar-refractivity contribution is 7.92. The number of carbonyl (C=O) groups excluding carboxylic acids is 1. The quantitative estimate of drug-likeness (QED) is 0.777. The average molecular weight is 354 g/mol. The Morgan fingerprint density at radius 3 is 2.52 bits per heavy atom. The molecule has 128 valence electrons. The normalized spacial score (nSPS) is 32.8. The molecule has 1 spiro atoms. The Bertz CT molecular complexity index is 966. The summed E-state index contributed by atoms with van der Waals surface area (Å²) in [5.74, 6) is -0.447. The van der Waals surface area contributed by atoms with Crippen LogP contribution in [0.5, 0.6) is 0 Å². The smallest absolute Gasteiger partial charge is 0.317 e. The lowest BCUT2D eigenvalue weighted by molar-refractivity contribution is -0.170. The summed E-state index contributed by atoms with van der Waals surface area (Å²) in [6.45, 7) is 0. The van der Waals surface area contributed by atoms with Crippen LogP contribution in [0.25, 0.3) is 0 Å². The predicted molar refractivity (Wildman–Crippen MR) is 91.7 cm³/mol. The fourth-order valence-electron chi connectivity index (χ4n) is 5.21. The van der Waals surface area contributed by atoms with E-state index >= 15 is 0 Å². The highest BCUT2D eigenvalue weighted by atomic mass is 32.2. The van der Waals surface area contributed by atoms with Crippen molar-refractivity contribution in [2.75, 3.05) is 0 Å². The third-order valence-electron chi connectivity index (χ3n) is 6.19. The van der Waals surface area contributed by atoms with Gasteiger partial charge in [-0.05, 0) is 36.1 Å². The van der Waals surface area contributed by atoms with Gasteiger partial charge in [0.25, 0.3) is 0 Å². The molecule has 25 heavy (non-hydrogen) atoms. The maximum Gasteiger partial charge on any atom is 0.317 e. The van der Waals surface area contributed by atoms with Gasteiger partial charge in [0.05, 0.1) is 10.3 Å². The van der Waals surface area contributed by atoms with Crippen LogP contribution in [-0.4, -0.2) is 19.6 Å². The van der Waals surface area contributed by atoms with Crippen molar-refractivity contribution in [3.8, 4) is 0 Å². The number of sulfone groups is 1. The molecule has 1 saturated carbocycles. The first-order valence-corrected chi connectivity index (χ1v) is 10.2. The first kappa shape index (κ1) is 15.1. The summed E-state index contributed by atoms with van der Waals surface area (Å²) in [6.07, 6.45) is 1.55. The number of carbonyl (C=O) groups is 1. The SMILES string of the molecule is O=C1O[C@H]2c3ccccc3[C@@]13CCC[C@@H]3[C@H]2S(=O)(=O)c1ccccc1. The molecule has 0 unspecified atom stereocenters. The third-order valence-corrected chi connectivity index (χ3v) is 8.41. The van der Waals surface area contributed by atoms with Gasteiger partial charge in [-0.1, -0.05) is 48.9 Å². The lowest BCUT2D eigenvalue weighted by Gasteiger charge is -2.51. The van der Waals surface area contributed by atoms with Crippen molar-refractivity contribution in [1.82, 2.24) is 0 Å². The van der Waals surface area contributed by atoms with Crippen LogP contribution in [0, 0.1) is 5.92 Å². The van der Waals surface area contributed by atoms with E-state index in [0.717, 1.165) is 24.0 Å². The minimum atomic E-state index is -3.60. The second-order valence-corrected chi connectivity index (χ2v) is 9.31. The summed E-state index contributed by atoms with van der Waals surface area (Å²) in [5.41, 5.74) is 1.06. The monoisotopic (exact) mass is 354 g/mol. The molecule has 1 saturated heterocycles. The highest BCUT2D eigenvalue weighted by Crippen LogP contribution is 2.62. The molecule has 0 amide bonds.